The highest BCUT2D eigenvalue weighted by molar-refractivity contribution is 4.82. The number of terminal acetylenes is 1. The predicted octanol–water partition coefficient (Wildman–Crippen LogP) is 3.91. The van der Waals surface area contributed by atoms with E-state index >= 15 is 0 Å². The van der Waals surface area contributed by atoms with E-state index in [-0.39, 0.29) is 0 Å². The molecule has 38 heavy (non-hydrogen) atoms. The highest BCUT2D eigenvalue weighted by Crippen LogP contribution is 2.08. The molecule has 0 atom stereocenters. The summed E-state index contributed by atoms with van der Waals surface area (Å²) in [5, 5.41) is 0. The van der Waals surface area contributed by atoms with Crippen molar-refractivity contribution in [2.45, 2.75) is 58.3 Å². The summed E-state index contributed by atoms with van der Waals surface area (Å²) in [7, 11) is 0. The zero-order valence-corrected chi connectivity index (χ0v) is 24.1. The van der Waals surface area contributed by atoms with Crippen LogP contribution in [0.15, 0.2) is 0 Å². The molecule has 0 unspecified atom stereocenters. The average Bonchev–Trinajstić information content (AvgIpc) is 2.93. The second kappa shape index (κ2) is 36.2. The molecule has 9 heteroatoms. The van der Waals surface area contributed by atoms with Gasteiger partial charge in [-0.3, -0.25) is 0 Å². The third kappa shape index (κ3) is 35.2. The fraction of sp³-hybridized carbons (Fsp3) is 0.931. The summed E-state index contributed by atoms with van der Waals surface area (Å²) < 4.78 is 48.8. The minimum atomic E-state index is 0.315. The maximum Gasteiger partial charge on any atom is 0.107 e. The highest BCUT2D eigenvalue weighted by atomic mass is 16.6. The molecular formula is C29H56O9. The fourth-order valence-corrected chi connectivity index (χ4v) is 3.23. The lowest BCUT2D eigenvalue weighted by Gasteiger charge is -2.08. The lowest BCUT2D eigenvalue weighted by Crippen LogP contribution is -2.15. The van der Waals surface area contributed by atoms with Crippen LogP contribution in [-0.4, -0.2) is 119 Å². The van der Waals surface area contributed by atoms with Gasteiger partial charge in [0.2, 0.25) is 0 Å². The van der Waals surface area contributed by atoms with Crippen molar-refractivity contribution in [3.63, 3.8) is 0 Å². The summed E-state index contributed by atoms with van der Waals surface area (Å²) >= 11 is 0. The number of hydrogen-bond acceptors (Lipinski definition) is 9. The zero-order chi connectivity index (χ0) is 27.5. The quantitative estimate of drug-likeness (QED) is 0.0878. The van der Waals surface area contributed by atoms with Gasteiger partial charge in [0.25, 0.3) is 0 Å². The van der Waals surface area contributed by atoms with E-state index in [1.54, 1.807) is 0 Å². The maximum atomic E-state index is 5.61. The Kier molecular flexibility index (Phi) is 35.4. The Morgan fingerprint density at radius 2 is 0.605 bits per heavy atom. The van der Waals surface area contributed by atoms with Gasteiger partial charge in [-0.2, -0.15) is 0 Å². The van der Waals surface area contributed by atoms with Crippen LogP contribution in [0.5, 0.6) is 0 Å². The van der Waals surface area contributed by atoms with E-state index in [2.05, 4.69) is 12.8 Å². The Hall–Kier alpha value is -0.800. The van der Waals surface area contributed by atoms with Crippen molar-refractivity contribution in [2.24, 2.45) is 0 Å². The van der Waals surface area contributed by atoms with E-state index < -0.39 is 0 Å². The first-order chi connectivity index (χ1) is 18.9. The Morgan fingerprint density at radius 3 is 0.921 bits per heavy atom. The van der Waals surface area contributed by atoms with Crippen LogP contribution >= 0.6 is 0 Å². The highest BCUT2D eigenvalue weighted by Gasteiger charge is 1.96. The molecule has 0 radical (unpaired) electrons. The first-order valence-electron chi connectivity index (χ1n) is 14.5. The van der Waals surface area contributed by atoms with E-state index in [9.17, 15) is 0 Å². The average molecular weight is 549 g/mol. The van der Waals surface area contributed by atoms with Gasteiger partial charge in [-0.05, 0) is 6.42 Å². The molecule has 0 aromatic rings. The van der Waals surface area contributed by atoms with Gasteiger partial charge in [0.15, 0.2) is 0 Å². The van der Waals surface area contributed by atoms with Crippen molar-refractivity contribution in [3.05, 3.63) is 0 Å². The Balaban J connectivity index is 3.01. The topological polar surface area (TPSA) is 83.1 Å². The monoisotopic (exact) mass is 548 g/mol. The first kappa shape index (κ1) is 37.2. The van der Waals surface area contributed by atoms with Gasteiger partial charge < -0.3 is 42.6 Å². The number of ether oxygens (including phenoxy) is 9. The molecule has 0 aliphatic rings. The van der Waals surface area contributed by atoms with Crippen molar-refractivity contribution in [1.29, 1.82) is 0 Å². The molecule has 0 bridgehead atoms. The molecule has 0 aromatic heterocycles. The summed E-state index contributed by atoms with van der Waals surface area (Å²) in [5.41, 5.74) is 0. The van der Waals surface area contributed by atoms with Crippen molar-refractivity contribution >= 4 is 0 Å². The van der Waals surface area contributed by atoms with Gasteiger partial charge in [-0.15, -0.1) is 6.42 Å². The molecule has 0 rings (SSSR count). The molecule has 9 nitrogen and oxygen atoms in total. The summed E-state index contributed by atoms with van der Waals surface area (Å²) in [4.78, 5) is 0. The second-order valence-corrected chi connectivity index (χ2v) is 8.63. The van der Waals surface area contributed by atoms with Crippen molar-refractivity contribution < 1.29 is 42.6 Å². The Morgan fingerprint density at radius 1 is 0.342 bits per heavy atom. The van der Waals surface area contributed by atoms with Crippen LogP contribution in [0.25, 0.3) is 0 Å². The van der Waals surface area contributed by atoms with Crippen LogP contribution in [0.3, 0.4) is 0 Å². The summed E-state index contributed by atoms with van der Waals surface area (Å²) in [6.45, 7) is 12.1. The number of rotatable bonds is 34. The Bertz CT molecular complexity index is 460. The number of unbranched alkanes of at least 4 members (excludes halogenated alkanes) is 7. The van der Waals surface area contributed by atoms with Crippen LogP contribution in [0.1, 0.15) is 58.3 Å². The summed E-state index contributed by atoms with van der Waals surface area (Å²) in [6.07, 6.45) is 15.6. The molecule has 0 aliphatic carbocycles. The largest absolute Gasteiger partial charge is 0.379 e. The fourth-order valence-electron chi connectivity index (χ4n) is 3.23. The van der Waals surface area contributed by atoms with Crippen LogP contribution in [-0.2, 0) is 42.6 Å². The molecule has 0 heterocycles. The lowest BCUT2D eigenvalue weighted by atomic mass is 10.1. The van der Waals surface area contributed by atoms with Gasteiger partial charge in [0.1, 0.15) is 6.61 Å². The third-order valence-electron chi connectivity index (χ3n) is 5.30. The second-order valence-electron chi connectivity index (χ2n) is 8.63. The molecule has 0 fully saturated rings. The normalized spacial score (nSPS) is 11.3. The molecule has 0 aliphatic heterocycles. The van der Waals surface area contributed by atoms with E-state index in [1.807, 2.05) is 0 Å². The first-order valence-corrected chi connectivity index (χ1v) is 14.5. The molecule has 0 amide bonds. The SMILES string of the molecule is C#CCOCCOCCOCCOCCOCCOCCOCCOCCOCCCCCCCCCC. The van der Waals surface area contributed by atoms with Gasteiger partial charge in [0.05, 0.1) is 106 Å². The standard InChI is InChI=1S/C29H56O9/c1-3-5-6-7-8-9-10-11-13-31-15-17-33-19-21-35-23-25-37-27-29-38-28-26-36-24-22-34-20-18-32-16-14-30-12-4-2/h2H,3,5-29H2,1H3. The zero-order valence-electron chi connectivity index (χ0n) is 24.1. The molecule has 226 valence electrons. The van der Waals surface area contributed by atoms with Crippen molar-refractivity contribution in [1.82, 2.24) is 0 Å². The van der Waals surface area contributed by atoms with E-state index in [0.29, 0.717) is 112 Å². The van der Waals surface area contributed by atoms with Crippen LogP contribution in [0.2, 0.25) is 0 Å². The van der Waals surface area contributed by atoms with Gasteiger partial charge >= 0.3 is 0 Å². The number of hydrogen-bond donors (Lipinski definition) is 0. The van der Waals surface area contributed by atoms with Crippen LogP contribution < -0.4 is 0 Å². The summed E-state index contributed by atoms with van der Waals surface area (Å²) in [5.74, 6) is 2.40. The molecule has 0 spiro atoms. The lowest BCUT2D eigenvalue weighted by molar-refractivity contribution is -0.0246. The van der Waals surface area contributed by atoms with Gasteiger partial charge in [0, 0.05) is 6.61 Å². The minimum Gasteiger partial charge on any atom is -0.379 e. The van der Waals surface area contributed by atoms with Crippen LogP contribution in [0.4, 0.5) is 0 Å². The van der Waals surface area contributed by atoms with Crippen molar-refractivity contribution in [3.8, 4) is 12.3 Å². The molecule has 0 N–H and O–H groups in total. The molecule has 0 saturated heterocycles. The van der Waals surface area contributed by atoms with E-state index in [1.165, 1.54) is 44.9 Å². The summed E-state index contributed by atoms with van der Waals surface area (Å²) in [6, 6.07) is 0. The molecular weight excluding hydrogens is 492 g/mol. The van der Waals surface area contributed by atoms with Gasteiger partial charge in [-0.25, -0.2) is 0 Å². The minimum absolute atomic E-state index is 0.315. The maximum absolute atomic E-state index is 5.61. The van der Waals surface area contributed by atoms with E-state index in [0.717, 1.165) is 13.0 Å². The predicted molar refractivity (Wildman–Crippen MR) is 149 cm³/mol. The van der Waals surface area contributed by atoms with E-state index in [4.69, 9.17) is 49.1 Å². The molecule has 0 saturated carbocycles. The smallest absolute Gasteiger partial charge is 0.107 e. The third-order valence-corrected chi connectivity index (χ3v) is 5.30. The van der Waals surface area contributed by atoms with Crippen LogP contribution in [0, 0.1) is 12.3 Å². The Labute approximate surface area is 232 Å². The molecule has 0 aromatic carbocycles. The van der Waals surface area contributed by atoms with Gasteiger partial charge in [-0.1, -0.05) is 57.8 Å². The van der Waals surface area contributed by atoms with Crippen molar-refractivity contribution in [2.75, 3.05) is 119 Å².